The molecule has 0 unspecified atom stereocenters. The van der Waals surface area contributed by atoms with Crippen molar-refractivity contribution in [1.82, 2.24) is 10.6 Å². The summed E-state index contributed by atoms with van der Waals surface area (Å²) < 4.78 is 5.07. The molecule has 0 bridgehead atoms. The zero-order valence-electron chi connectivity index (χ0n) is 17.3. The second-order valence-electron chi connectivity index (χ2n) is 7.56. The third-order valence-electron chi connectivity index (χ3n) is 4.55. The molecule has 158 valence electrons. The van der Waals surface area contributed by atoms with Crippen LogP contribution in [0, 0.1) is 5.92 Å². The van der Waals surface area contributed by atoms with Gasteiger partial charge in [0.1, 0.15) is 0 Å². The van der Waals surface area contributed by atoms with E-state index >= 15 is 0 Å². The first-order chi connectivity index (χ1) is 14.0. The van der Waals surface area contributed by atoms with Gasteiger partial charge in [0.15, 0.2) is 6.61 Å². The Bertz CT molecular complexity index is 743. The minimum Gasteiger partial charge on any atom is -0.452 e. The van der Waals surface area contributed by atoms with Gasteiger partial charge in [-0.1, -0.05) is 37.6 Å². The van der Waals surface area contributed by atoms with E-state index in [2.05, 4.69) is 22.0 Å². The first kappa shape index (κ1) is 22.5. The van der Waals surface area contributed by atoms with Crippen LogP contribution in [0.2, 0.25) is 0 Å². The molecular weight excluding hydrogens is 370 g/mol. The van der Waals surface area contributed by atoms with Crippen molar-refractivity contribution in [2.45, 2.75) is 46.0 Å². The molecular formula is C22H31N3O4. The highest BCUT2D eigenvalue weighted by Gasteiger charge is 2.15. The van der Waals surface area contributed by atoms with E-state index in [-0.39, 0.29) is 5.92 Å². The number of hydrogen-bond acceptors (Lipinski definition) is 5. The standard InChI is InChI=1S/C22H31N3O4/c1-16(2)14-24-22(28)25-20(26)15-29-21(27)18-10-6-7-11-19(18)23-13-12-17-8-4-3-5-9-17/h6-8,10-11,16,23H,3-5,9,12-15H2,1-2H3,(H2,24,25,26,28). The largest absolute Gasteiger partial charge is 0.452 e. The molecule has 2 rings (SSSR count). The average molecular weight is 402 g/mol. The van der Waals surface area contributed by atoms with Gasteiger partial charge >= 0.3 is 12.0 Å². The van der Waals surface area contributed by atoms with Gasteiger partial charge in [0.2, 0.25) is 0 Å². The number of carbonyl (C=O) groups is 3. The summed E-state index contributed by atoms with van der Waals surface area (Å²) in [5.41, 5.74) is 2.49. The summed E-state index contributed by atoms with van der Waals surface area (Å²) in [5.74, 6) is -1.01. The number of hydrogen-bond donors (Lipinski definition) is 3. The number of urea groups is 1. The Hall–Kier alpha value is -2.83. The van der Waals surface area contributed by atoms with E-state index in [0.717, 1.165) is 25.8 Å². The van der Waals surface area contributed by atoms with Crippen molar-refractivity contribution in [3.8, 4) is 0 Å². The maximum Gasteiger partial charge on any atom is 0.340 e. The predicted molar refractivity (Wildman–Crippen MR) is 113 cm³/mol. The number of rotatable bonds is 9. The summed E-state index contributed by atoms with van der Waals surface area (Å²) in [6.07, 6.45) is 8.05. The molecule has 7 heteroatoms. The van der Waals surface area contributed by atoms with E-state index in [0.29, 0.717) is 17.8 Å². The highest BCUT2D eigenvalue weighted by molar-refractivity contribution is 5.99. The normalized spacial score (nSPS) is 13.4. The van der Waals surface area contributed by atoms with Crippen LogP contribution >= 0.6 is 0 Å². The molecule has 0 spiro atoms. The monoisotopic (exact) mass is 401 g/mol. The summed E-state index contributed by atoms with van der Waals surface area (Å²) in [7, 11) is 0. The summed E-state index contributed by atoms with van der Waals surface area (Å²) in [6, 6.07) is 6.44. The van der Waals surface area contributed by atoms with Gasteiger partial charge in [-0.3, -0.25) is 10.1 Å². The van der Waals surface area contributed by atoms with Crippen LogP contribution < -0.4 is 16.0 Å². The van der Waals surface area contributed by atoms with Crippen molar-refractivity contribution in [3.63, 3.8) is 0 Å². The molecule has 1 aromatic carbocycles. The van der Waals surface area contributed by atoms with Crippen LogP contribution in [-0.4, -0.2) is 37.6 Å². The molecule has 0 radical (unpaired) electrons. The highest BCUT2D eigenvalue weighted by atomic mass is 16.5. The molecule has 1 aliphatic rings. The fourth-order valence-electron chi connectivity index (χ4n) is 3.02. The molecule has 0 aromatic heterocycles. The predicted octanol–water partition coefficient (Wildman–Crippen LogP) is 3.63. The van der Waals surface area contributed by atoms with Crippen LogP contribution in [0.25, 0.3) is 0 Å². The van der Waals surface area contributed by atoms with Crippen LogP contribution in [0.15, 0.2) is 35.9 Å². The molecule has 1 aromatic rings. The smallest absolute Gasteiger partial charge is 0.340 e. The van der Waals surface area contributed by atoms with E-state index in [1.807, 2.05) is 26.0 Å². The lowest BCUT2D eigenvalue weighted by Crippen LogP contribution is -2.42. The number of amides is 3. The molecule has 0 aliphatic heterocycles. The van der Waals surface area contributed by atoms with E-state index in [9.17, 15) is 14.4 Å². The molecule has 3 amide bonds. The number of imide groups is 1. The first-order valence-electron chi connectivity index (χ1n) is 10.2. The maximum atomic E-state index is 12.4. The summed E-state index contributed by atoms with van der Waals surface area (Å²) >= 11 is 0. The molecule has 0 saturated carbocycles. The molecule has 29 heavy (non-hydrogen) atoms. The molecule has 0 fully saturated rings. The molecule has 0 heterocycles. The lowest BCUT2D eigenvalue weighted by Gasteiger charge is -2.15. The Labute approximate surface area is 172 Å². The van der Waals surface area contributed by atoms with Gasteiger partial charge in [-0.15, -0.1) is 0 Å². The summed E-state index contributed by atoms with van der Waals surface area (Å²) in [5, 5.41) is 7.99. The number of anilines is 1. The number of benzene rings is 1. The van der Waals surface area contributed by atoms with Crippen molar-refractivity contribution in [2.75, 3.05) is 25.0 Å². The minimum absolute atomic E-state index is 0.270. The van der Waals surface area contributed by atoms with Crippen molar-refractivity contribution in [2.24, 2.45) is 5.92 Å². The van der Waals surface area contributed by atoms with Crippen molar-refractivity contribution in [1.29, 1.82) is 0 Å². The third kappa shape index (κ3) is 8.37. The SMILES string of the molecule is CC(C)CNC(=O)NC(=O)COC(=O)c1ccccc1NCCC1=CCCCC1. The fourth-order valence-corrected chi connectivity index (χ4v) is 3.02. The van der Waals surface area contributed by atoms with Crippen molar-refractivity contribution in [3.05, 3.63) is 41.5 Å². The number of allylic oxidation sites excluding steroid dienone is 1. The van der Waals surface area contributed by atoms with Gasteiger partial charge in [-0.25, -0.2) is 9.59 Å². The topological polar surface area (TPSA) is 96.5 Å². The first-order valence-corrected chi connectivity index (χ1v) is 10.2. The Balaban J connectivity index is 1.80. The minimum atomic E-state index is -0.672. The summed E-state index contributed by atoms with van der Waals surface area (Å²) in [6.45, 7) is 4.56. The van der Waals surface area contributed by atoms with Gasteiger partial charge in [-0.2, -0.15) is 0 Å². The zero-order valence-corrected chi connectivity index (χ0v) is 17.3. The van der Waals surface area contributed by atoms with E-state index in [1.54, 1.807) is 12.1 Å². The second-order valence-corrected chi connectivity index (χ2v) is 7.56. The van der Waals surface area contributed by atoms with Crippen molar-refractivity contribution < 1.29 is 19.1 Å². The average Bonchev–Trinajstić information content (AvgIpc) is 2.71. The molecule has 1 aliphatic carbocycles. The quantitative estimate of drug-likeness (QED) is 0.434. The second kappa shape index (κ2) is 11.9. The van der Waals surface area contributed by atoms with E-state index in [4.69, 9.17) is 4.74 Å². The van der Waals surface area contributed by atoms with Crippen LogP contribution in [0.3, 0.4) is 0 Å². The Morgan fingerprint density at radius 3 is 2.66 bits per heavy atom. The molecule has 0 saturated heterocycles. The van der Waals surface area contributed by atoms with Gasteiger partial charge in [-0.05, 0) is 50.2 Å². The van der Waals surface area contributed by atoms with Gasteiger partial charge in [0.25, 0.3) is 5.91 Å². The lowest BCUT2D eigenvalue weighted by atomic mass is 9.97. The van der Waals surface area contributed by atoms with Crippen LogP contribution in [-0.2, 0) is 9.53 Å². The molecule has 7 nitrogen and oxygen atoms in total. The molecule has 0 atom stereocenters. The van der Waals surface area contributed by atoms with Gasteiger partial charge in [0, 0.05) is 18.8 Å². The lowest BCUT2D eigenvalue weighted by molar-refractivity contribution is -0.123. The van der Waals surface area contributed by atoms with Gasteiger partial charge < -0.3 is 15.4 Å². The van der Waals surface area contributed by atoms with Crippen LogP contribution in [0.1, 0.15) is 56.3 Å². The van der Waals surface area contributed by atoms with Crippen LogP contribution in [0.5, 0.6) is 0 Å². The molecule has 3 N–H and O–H groups in total. The Kier molecular flexibility index (Phi) is 9.21. The number of carbonyl (C=O) groups excluding carboxylic acids is 3. The Morgan fingerprint density at radius 2 is 1.93 bits per heavy atom. The number of esters is 1. The number of nitrogens with one attached hydrogen (secondary N) is 3. The third-order valence-corrected chi connectivity index (χ3v) is 4.55. The highest BCUT2D eigenvalue weighted by Crippen LogP contribution is 2.21. The Morgan fingerprint density at radius 1 is 1.14 bits per heavy atom. The fraction of sp³-hybridized carbons (Fsp3) is 0.500. The van der Waals surface area contributed by atoms with Crippen molar-refractivity contribution >= 4 is 23.6 Å². The van der Waals surface area contributed by atoms with Crippen LogP contribution in [0.4, 0.5) is 10.5 Å². The summed E-state index contributed by atoms with van der Waals surface area (Å²) in [4.78, 5) is 35.8. The zero-order chi connectivity index (χ0) is 21.1. The van der Waals surface area contributed by atoms with E-state index in [1.165, 1.54) is 18.4 Å². The van der Waals surface area contributed by atoms with E-state index < -0.39 is 24.5 Å². The number of ether oxygens (including phenoxy) is 1. The van der Waals surface area contributed by atoms with Gasteiger partial charge in [0.05, 0.1) is 5.56 Å². The number of para-hydroxylation sites is 1. The maximum absolute atomic E-state index is 12.4.